The monoisotopic (exact) mass is 373 g/mol. The fourth-order valence-electron chi connectivity index (χ4n) is 1.60. The summed E-state index contributed by atoms with van der Waals surface area (Å²) < 4.78 is 61.6. The SMILES string of the molecule is CN(Cc1cccc(Br)c1)S(=O)(=O)CCCC(F)(F)F. The highest BCUT2D eigenvalue weighted by Crippen LogP contribution is 2.22. The highest BCUT2D eigenvalue weighted by atomic mass is 79.9. The molecule has 1 rings (SSSR count). The summed E-state index contributed by atoms with van der Waals surface area (Å²) in [5, 5.41) is 0. The summed E-state index contributed by atoms with van der Waals surface area (Å²) in [4.78, 5) is 0. The van der Waals surface area contributed by atoms with Gasteiger partial charge in [0.05, 0.1) is 5.75 Å². The van der Waals surface area contributed by atoms with Gasteiger partial charge in [-0.15, -0.1) is 0 Å². The molecule has 0 N–H and O–H groups in total. The standard InChI is InChI=1S/C12H15BrF3NO2S/c1-17(9-10-4-2-5-11(13)8-10)20(18,19)7-3-6-12(14,15)16/h2,4-5,8H,3,6-7,9H2,1H3. The van der Waals surface area contributed by atoms with Crippen LogP contribution < -0.4 is 0 Å². The zero-order valence-electron chi connectivity index (χ0n) is 10.8. The Hall–Kier alpha value is -0.600. The van der Waals surface area contributed by atoms with Gasteiger partial charge in [0, 0.05) is 24.5 Å². The number of hydrogen-bond acceptors (Lipinski definition) is 2. The molecule has 0 aromatic heterocycles. The van der Waals surface area contributed by atoms with Crippen LogP contribution in [0.4, 0.5) is 13.2 Å². The molecule has 0 saturated carbocycles. The molecule has 0 heterocycles. The van der Waals surface area contributed by atoms with E-state index in [2.05, 4.69) is 15.9 Å². The van der Waals surface area contributed by atoms with E-state index in [1.807, 2.05) is 0 Å². The van der Waals surface area contributed by atoms with Crippen molar-refractivity contribution in [2.45, 2.75) is 25.6 Å². The first-order chi connectivity index (χ1) is 9.10. The number of sulfonamides is 1. The summed E-state index contributed by atoms with van der Waals surface area (Å²) >= 11 is 3.27. The van der Waals surface area contributed by atoms with Crippen LogP contribution in [-0.2, 0) is 16.6 Å². The second-order valence-corrected chi connectivity index (χ2v) is 7.53. The molecule has 0 aliphatic rings. The molecule has 0 saturated heterocycles. The minimum atomic E-state index is -4.32. The normalized spacial score (nSPS) is 12.9. The number of nitrogens with zero attached hydrogens (tertiary/aromatic N) is 1. The van der Waals surface area contributed by atoms with Crippen LogP contribution in [0, 0.1) is 0 Å². The first kappa shape index (κ1) is 17.5. The molecule has 3 nitrogen and oxygen atoms in total. The van der Waals surface area contributed by atoms with Crippen LogP contribution in [0.25, 0.3) is 0 Å². The highest BCUT2D eigenvalue weighted by molar-refractivity contribution is 9.10. The second-order valence-electron chi connectivity index (χ2n) is 4.42. The highest BCUT2D eigenvalue weighted by Gasteiger charge is 2.28. The Labute approximate surface area is 125 Å². The molecule has 0 amide bonds. The van der Waals surface area contributed by atoms with Crippen molar-refractivity contribution < 1.29 is 21.6 Å². The van der Waals surface area contributed by atoms with E-state index in [0.717, 1.165) is 14.3 Å². The van der Waals surface area contributed by atoms with Crippen molar-refractivity contribution in [3.63, 3.8) is 0 Å². The number of rotatable bonds is 6. The summed E-state index contributed by atoms with van der Waals surface area (Å²) in [6.07, 6.45) is -5.83. The molecule has 8 heteroatoms. The molecule has 0 aliphatic carbocycles. The third kappa shape index (κ3) is 6.23. The first-order valence-electron chi connectivity index (χ1n) is 5.85. The molecule has 0 unspecified atom stereocenters. The Morgan fingerprint density at radius 3 is 2.50 bits per heavy atom. The van der Waals surface area contributed by atoms with Crippen molar-refractivity contribution in [2.24, 2.45) is 0 Å². The van der Waals surface area contributed by atoms with Gasteiger partial charge in [-0.3, -0.25) is 0 Å². The Morgan fingerprint density at radius 2 is 1.95 bits per heavy atom. The summed E-state index contributed by atoms with van der Waals surface area (Å²) in [5.74, 6) is -0.503. The van der Waals surface area contributed by atoms with Gasteiger partial charge in [-0.2, -0.15) is 13.2 Å². The molecule has 0 radical (unpaired) electrons. The van der Waals surface area contributed by atoms with Crippen LogP contribution in [0.3, 0.4) is 0 Å². The average molecular weight is 374 g/mol. The topological polar surface area (TPSA) is 37.4 Å². The molecule has 0 aliphatic heterocycles. The number of halogens is 4. The third-order valence-electron chi connectivity index (χ3n) is 2.63. The maximum atomic E-state index is 12.0. The van der Waals surface area contributed by atoms with Crippen LogP contribution in [-0.4, -0.2) is 31.7 Å². The Bertz CT molecular complexity index is 546. The number of hydrogen-bond donors (Lipinski definition) is 0. The summed E-state index contributed by atoms with van der Waals surface area (Å²) in [6.45, 7) is 0.133. The molecule has 20 heavy (non-hydrogen) atoms. The van der Waals surface area contributed by atoms with Crippen LogP contribution in [0.2, 0.25) is 0 Å². The maximum absolute atomic E-state index is 12.0. The van der Waals surface area contributed by atoms with Gasteiger partial charge in [0.25, 0.3) is 0 Å². The summed E-state index contributed by atoms with van der Waals surface area (Å²) in [6, 6.07) is 7.10. The largest absolute Gasteiger partial charge is 0.389 e. The van der Waals surface area contributed by atoms with Crippen molar-refractivity contribution in [3.8, 4) is 0 Å². The minimum Gasteiger partial charge on any atom is -0.212 e. The van der Waals surface area contributed by atoms with Gasteiger partial charge in [0.1, 0.15) is 0 Å². The fourth-order valence-corrected chi connectivity index (χ4v) is 3.21. The zero-order chi connectivity index (χ0) is 15.4. The molecular weight excluding hydrogens is 359 g/mol. The van der Waals surface area contributed by atoms with E-state index in [0.29, 0.717) is 0 Å². The van der Waals surface area contributed by atoms with Crippen molar-refractivity contribution in [3.05, 3.63) is 34.3 Å². The second kappa shape index (κ2) is 6.91. The first-order valence-corrected chi connectivity index (χ1v) is 8.25. The lowest BCUT2D eigenvalue weighted by Gasteiger charge is -2.17. The lowest BCUT2D eigenvalue weighted by molar-refractivity contribution is -0.134. The van der Waals surface area contributed by atoms with Gasteiger partial charge in [-0.05, 0) is 24.1 Å². The van der Waals surface area contributed by atoms with E-state index < -0.39 is 34.8 Å². The van der Waals surface area contributed by atoms with Crippen LogP contribution >= 0.6 is 15.9 Å². The maximum Gasteiger partial charge on any atom is 0.389 e. The van der Waals surface area contributed by atoms with Crippen LogP contribution in [0.1, 0.15) is 18.4 Å². The molecule has 114 valence electrons. The molecule has 0 atom stereocenters. The van der Waals surface area contributed by atoms with Gasteiger partial charge in [-0.1, -0.05) is 28.1 Å². The van der Waals surface area contributed by atoms with E-state index >= 15 is 0 Å². The van der Waals surface area contributed by atoms with Crippen molar-refractivity contribution >= 4 is 26.0 Å². The van der Waals surface area contributed by atoms with E-state index in [-0.39, 0.29) is 6.54 Å². The number of alkyl halides is 3. The van der Waals surface area contributed by atoms with Gasteiger partial charge < -0.3 is 0 Å². The predicted molar refractivity (Wildman–Crippen MR) is 74.7 cm³/mol. The summed E-state index contributed by atoms with van der Waals surface area (Å²) in [5.41, 5.74) is 0.765. The smallest absolute Gasteiger partial charge is 0.212 e. The van der Waals surface area contributed by atoms with Gasteiger partial charge >= 0.3 is 6.18 Å². The molecular formula is C12H15BrF3NO2S. The van der Waals surface area contributed by atoms with Crippen molar-refractivity contribution in [2.75, 3.05) is 12.8 Å². The predicted octanol–water partition coefficient (Wildman–Crippen LogP) is 3.55. The molecule has 0 spiro atoms. The van der Waals surface area contributed by atoms with E-state index in [1.165, 1.54) is 7.05 Å². The van der Waals surface area contributed by atoms with Crippen molar-refractivity contribution in [1.82, 2.24) is 4.31 Å². The zero-order valence-corrected chi connectivity index (χ0v) is 13.2. The summed E-state index contributed by atoms with van der Waals surface area (Å²) in [7, 11) is -2.31. The van der Waals surface area contributed by atoms with Gasteiger partial charge in [-0.25, -0.2) is 12.7 Å². The Kier molecular flexibility index (Phi) is 6.03. The Balaban J connectivity index is 2.59. The van der Waals surface area contributed by atoms with Crippen LogP contribution in [0.15, 0.2) is 28.7 Å². The molecule has 1 aromatic carbocycles. The molecule has 0 bridgehead atoms. The molecule has 1 aromatic rings. The van der Waals surface area contributed by atoms with E-state index in [1.54, 1.807) is 24.3 Å². The number of benzene rings is 1. The lowest BCUT2D eigenvalue weighted by atomic mass is 10.2. The lowest BCUT2D eigenvalue weighted by Crippen LogP contribution is -2.29. The van der Waals surface area contributed by atoms with Gasteiger partial charge in [0.2, 0.25) is 10.0 Å². The van der Waals surface area contributed by atoms with Crippen molar-refractivity contribution in [1.29, 1.82) is 0 Å². The van der Waals surface area contributed by atoms with Gasteiger partial charge in [0.15, 0.2) is 0 Å². The fraction of sp³-hybridized carbons (Fsp3) is 0.500. The van der Waals surface area contributed by atoms with E-state index in [9.17, 15) is 21.6 Å². The van der Waals surface area contributed by atoms with Crippen LogP contribution in [0.5, 0.6) is 0 Å². The molecule has 0 fully saturated rings. The minimum absolute atomic E-state index is 0.133. The van der Waals surface area contributed by atoms with E-state index in [4.69, 9.17) is 0 Å². The Morgan fingerprint density at radius 1 is 1.30 bits per heavy atom. The quantitative estimate of drug-likeness (QED) is 0.764. The third-order valence-corrected chi connectivity index (χ3v) is 5.01. The average Bonchev–Trinajstić information content (AvgIpc) is 2.26.